The van der Waals surface area contributed by atoms with E-state index in [1.165, 1.54) is 0 Å². The molecule has 2 aromatic carbocycles. The number of nitrogen functional groups attached to an aromatic ring is 1. The largest absolute Gasteiger partial charge is 0.493 e. The third-order valence-electron chi connectivity index (χ3n) is 3.36. The summed E-state index contributed by atoms with van der Waals surface area (Å²) in [6, 6.07) is 17.7. The van der Waals surface area contributed by atoms with Crippen LogP contribution in [-0.2, 0) is 0 Å². The first-order chi connectivity index (χ1) is 10.2. The fourth-order valence-corrected chi connectivity index (χ4v) is 2.31. The summed E-state index contributed by atoms with van der Waals surface area (Å²) in [5, 5.41) is 1.02. The monoisotopic (exact) mass is 279 g/mol. The molecular weight excluding hydrogens is 262 g/mol. The fourth-order valence-electron chi connectivity index (χ4n) is 2.31. The molecule has 2 N–H and O–H groups in total. The van der Waals surface area contributed by atoms with Gasteiger partial charge in [-0.2, -0.15) is 0 Å². The van der Waals surface area contributed by atoms with E-state index in [4.69, 9.17) is 10.5 Å². The number of ether oxygens (including phenoxy) is 1. The van der Waals surface area contributed by atoms with Crippen molar-refractivity contribution in [2.75, 3.05) is 12.3 Å². The number of fused-ring (bicyclic) bond motifs is 1. The van der Waals surface area contributed by atoms with Gasteiger partial charge in [0.05, 0.1) is 17.8 Å². The highest BCUT2D eigenvalue weighted by Gasteiger charge is 2.14. The van der Waals surface area contributed by atoms with E-state index in [-0.39, 0.29) is 5.92 Å². The molecule has 3 rings (SSSR count). The maximum Gasteiger partial charge on any atom is 0.220 e. The van der Waals surface area contributed by atoms with E-state index in [0.29, 0.717) is 12.6 Å². The number of anilines is 1. The number of rotatable bonds is 4. The maximum absolute atomic E-state index is 5.81. The Balaban J connectivity index is 1.86. The summed E-state index contributed by atoms with van der Waals surface area (Å²) in [4.78, 5) is 8.66. The van der Waals surface area contributed by atoms with Gasteiger partial charge in [-0.1, -0.05) is 43.3 Å². The second-order valence-electron chi connectivity index (χ2n) is 5.01. The molecule has 0 aliphatic heterocycles. The number of hydrogen-bond donors (Lipinski definition) is 1. The van der Waals surface area contributed by atoms with Crippen molar-refractivity contribution in [3.8, 4) is 5.75 Å². The van der Waals surface area contributed by atoms with Crippen molar-refractivity contribution in [2.24, 2.45) is 0 Å². The highest BCUT2D eigenvalue weighted by molar-refractivity contribution is 5.82. The Morgan fingerprint density at radius 1 is 1.00 bits per heavy atom. The molecule has 0 radical (unpaired) electrons. The Hall–Kier alpha value is -2.62. The standard InChI is InChI=1S/C17H17N3O/c1-12(11-21-13-7-3-2-4-8-13)16-14-9-5-6-10-15(14)19-17(18)20-16/h2-10,12H,11H2,1H3,(H2,18,19,20). The van der Waals surface area contributed by atoms with E-state index in [1.807, 2.05) is 54.6 Å². The van der Waals surface area contributed by atoms with E-state index in [0.717, 1.165) is 22.3 Å². The van der Waals surface area contributed by atoms with Crippen LogP contribution in [0.4, 0.5) is 5.95 Å². The van der Waals surface area contributed by atoms with Gasteiger partial charge in [-0.3, -0.25) is 0 Å². The molecule has 0 spiro atoms. The maximum atomic E-state index is 5.81. The van der Waals surface area contributed by atoms with Crippen molar-refractivity contribution >= 4 is 16.9 Å². The minimum absolute atomic E-state index is 0.125. The van der Waals surface area contributed by atoms with Gasteiger partial charge in [0.25, 0.3) is 0 Å². The molecule has 0 aliphatic carbocycles. The molecular formula is C17H17N3O. The van der Waals surface area contributed by atoms with Crippen LogP contribution in [0.5, 0.6) is 5.75 Å². The van der Waals surface area contributed by atoms with E-state index in [1.54, 1.807) is 0 Å². The van der Waals surface area contributed by atoms with Crippen LogP contribution in [0.3, 0.4) is 0 Å². The predicted molar refractivity (Wildman–Crippen MR) is 84.3 cm³/mol. The van der Waals surface area contributed by atoms with E-state index < -0.39 is 0 Å². The van der Waals surface area contributed by atoms with Crippen molar-refractivity contribution in [1.82, 2.24) is 9.97 Å². The average Bonchev–Trinajstić information content (AvgIpc) is 2.52. The SMILES string of the molecule is CC(COc1ccccc1)c1nc(N)nc2ccccc12. The third-order valence-corrected chi connectivity index (χ3v) is 3.36. The first-order valence-electron chi connectivity index (χ1n) is 6.94. The smallest absolute Gasteiger partial charge is 0.220 e. The molecule has 1 aromatic heterocycles. The Morgan fingerprint density at radius 2 is 1.71 bits per heavy atom. The molecule has 0 bridgehead atoms. The van der Waals surface area contributed by atoms with Gasteiger partial charge in [-0.15, -0.1) is 0 Å². The second-order valence-corrected chi connectivity index (χ2v) is 5.01. The summed E-state index contributed by atoms with van der Waals surface area (Å²) in [7, 11) is 0. The molecule has 0 fully saturated rings. The summed E-state index contributed by atoms with van der Waals surface area (Å²) in [5.41, 5.74) is 7.60. The van der Waals surface area contributed by atoms with Crippen LogP contribution in [0.2, 0.25) is 0 Å². The van der Waals surface area contributed by atoms with Crippen LogP contribution in [0, 0.1) is 0 Å². The summed E-state index contributed by atoms with van der Waals surface area (Å²) >= 11 is 0. The highest BCUT2D eigenvalue weighted by atomic mass is 16.5. The van der Waals surface area contributed by atoms with Crippen molar-refractivity contribution in [2.45, 2.75) is 12.8 Å². The third kappa shape index (κ3) is 2.94. The lowest BCUT2D eigenvalue weighted by atomic mass is 10.0. The van der Waals surface area contributed by atoms with Crippen LogP contribution >= 0.6 is 0 Å². The van der Waals surface area contributed by atoms with Gasteiger partial charge in [0.2, 0.25) is 5.95 Å². The zero-order valence-electron chi connectivity index (χ0n) is 11.9. The number of para-hydroxylation sites is 2. The van der Waals surface area contributed by atoms with E-state index in [9.17, 15) is 0 Å². The van der Waals surface area contributed by atoms with Crippen LogP contribution in [0.25, 0.3) is 10.9 Å². The van der Waals surface area contributed by atoms with Crippen molar-refractivity contribution in [3.63, 3.8) is 0 Å². The van der Waals surface area contributed by atoms with Crippen LogP contribution in [-0.4, -0.2) is 16.6 Å². The zero-order chi connectivity index (χ0) is 14.7. The molecule has 21 heavy (non-hydrogen) atoms. The quantitative estimate of drug-likeness (QED) is 0.795. The first kappa shape index (κ1) is 13.4. The first-order valence-corrected chi connectivity index (χ1v) is 6.94. The second kappa shape index (κ2) is 5.79. The molecule has 106 valence electrons. The fraction of sp³-hybridized carbons (Fsp3) is 0.176. The van der Waals surface area contributed by atoms with Gasteiger partial charge in [-0.25, -0.2) is 9.97 Å². The van der Waals surface area contributed by atoms with Crippen LogP contribution in [0.15, 0.2) is 54.6 Å². The Morgan fingerprint density at radius 3 is 2.52 bits per heavy atom. The van der Waals surface area contributed by atoms with Crippen molar-refractivity contribution in [3.05, 3.63) is 60.3 Å². The zero-order valence-corrected chi connectivity index (χ0v) is 11.9. The number of nitrogens with two attached hydrogens (primary N) is 1. The summed E-state index contributed by atoms with van der Waals surface area (Å²) in [6.07, 6.45) is 0. The van der Waals surface area contributed by atoms with Gasteiger partial charge in [0, 0.05) is 11.3 Å². The predicted octanol–water partition coefficient (Wildman–Crippen LogP) is 3.39. The number of nitrogens with zero attached hydrogens (tertiary/aromatic N) is 2. The summed E-state index contributed by atoms with van der Waals surface area (Å²) in [5.74, 6) is 1.28. The number of hydrogen-bond acceptors (Lipinski definition) is 4. The molecule has 1 unspecified atom stereocenters. The van der Waals surface area contributed by atoms with Crippen molar-refractivity contribution < 1.29 is 4.74 Å². The van der Waals surface area contributed by atoms with Crippen LogP contribution < -0.4 is 10.5 Å². The average molecular weight is 279 g/mol. The van der Waals surface area contributed by atoms with Gasteiger partial charge < -0.3 is 10.5 Å². The normalized spacial score (nSPS) is 12.2. The highest BCUT2D eigenvalue weighted by Crippen LogP contribution is 2.24. The van der Waals surface area contributed by atoms with E-state index in [2.05, 4.69) is 16.9 Å². The lowest BCUT2D eigenvalue weighted by Gasteiger charge is -2.15. The molecule has 4 nitrogen and oxygen atoms in total. The number of benzene rings is 2. The Labute approximate surface area is 123 Å². The van der Waals surface area contributed by atoms with Gasteiger partial charge in [0.1, 0.15) is 5.75 Å². The molecule has 0 saturated carbocycles. The molecule has 1 heterocycles. The van der Waals surface area contributed by atoms with Gasteiger partial charge in [-0.05, 0) is 18.2 Å². The van der Waals surface area contributed by atoms with Gasteiger partial charge in [0.15, 0.2) is 0 Å². The van der Waals surface area contributed by atoms with Gasteiger partial charge >= 0.3 is 0 Å². The summed E-state index contributed by atoms with van der Waals surface area (Å²) in [6.45, 7) is 2.63. The minimum atomic E-state index is 0.125. The topological polar surface area (TPSA) is 61.0 Å². The molecule has 0 amide bonds. The molecule has 0 saturated heterocycles. The lowest BCUT2D eigenvalue weighted by Crippen LogP contribution is -2.11. The summed E-state index contributed by atoms with van der Waals surface area (Å²) < 4.78 is 5.81. The number of aromatic nitrogens is 2. The molecule has 0 aliphatic rings. The molecule has 1 atom stereocenters. The molecule has 3 aromatic rings. The van der Waals surface area contributed by atoms with Crippen LogP contribution in [0.1, 0.15) is 18.5 Å². The van der Waals surface area contributed by atoms with Crippen molar-refractivity contribution in [1.29, 1.82) is 0 Å². The Bertz CT molecular complexity index is 743. The lowest BCUT2D eigenvalue weighted by molar-refractivity contribution is 0.294. The minimum Gasteiger partial charge on any atom is -0.493 e. The Kier molecular flexibility index (Phi) is 3.69. The van der Waals surface area contributed by atoms with E-state index >= 15 is 0 Å². The molecule has 4 heteroatoms.